The molecule has 1 aliphatic carbocycles. The normalized spacial score (nSPS) is 17.9. The molecule has 0 unspecified atom stereocenters. The highest BCUT2D eigenvalue weighted by Gasteiger charge is 2.52. The van der Waals surface area contributed by atoms with Crippen LogP contribution in [0.25, 0.3) is 0 Å². The molecule has 1 atom stereocenters. The van der Waals surface area contributed by atoms with E-state index >= 15 is 0 Å². The minimum absolute atomic E-state index is 0.0326. The van der Waals surface area contributed by atoms with Gasteiger partial charge in [-0.15, -0.1) is 0 Å². The lowest BCUT2D eigenvalue weighted by molar-refractivity contribution is -0.143. The van der Waals surface area contributed by atoms with Gasteiger partial charge in [0.1, 0.15) is 11.6 Å². The maximum atomic E-state index is 13.8. The number of alkyl halides is 6. The highest BCUT2D eigenvalue weighted by Crippen LogP contribution is 2.39. The smallest absolute Gasteiger partial charge is 0.342 e. The molecule has 230 valence electrons. The lowest BCUT2D eigenvalue weighted by Crippen LogP contribution is -2.55. The zero-order valence-electron chi connectivity index (χ0n) is 22.4. The van der Waals surface area contributed by atoms with Gasteiger partial charge in [0.25, 0.3) is 5.91 Å². The van der Waals surface area contributed by atoms with Crippen LogP contribution in [-0.4, -0.2) is 40.1 Å². The van der Waals surface area contributed by atoms with Gasteiger partial charge in [-0.05, 0) is 54.8 Å². The molecule has 3 aromatic rings. The number of benzene rings is 2. The summed E-state index contributed by atoms with van der Waals surface area (Å²) in [7, 11) is 0. The zero-order valence-corrected chi connectivity index (χ0v) is 22.4. The van der Waals surface area contributed by atoms with Crippen molar-refractivity contribution in [2.75, 3.05) is 4.90 Å². The Balaban J connectivity index is 1.45. The van der Waals surface area contributed by atoms with Crippen molar-refractivity contribution >= 4 is 29.2 Å². The second-order valence-corrected chi connectivity index (χ2v) is 10.4. The summed E-state index contributed by atoms with van der Waals surface area (Å²) in [5.41, 5.74) is -5.41. The number of fused-ring (bicyclic) bond motifs is 1. The van der Waals surface area contributed by atoms with Crippen molar-refractivity contribution in [2.24, 2.45) is 0 Å². The maximum Gasteiger partial charge on any atom is 0.416 e. The predicted molar refractivity (Wildman–Crippen MR) is 139 cm³/mol. The molecule has 8 nitrogen and oxygen atoms in total. The molecule has 44 heavy (non-hydrogen) atoms. The second-order valence-electron chi connectivity index (χ2n) is 10.4. The molecule has 15 heteroatoms. The van der Waals surface area contributed by atoms with Crippen LogP contribution in [0, 0.1) is 5.95 Å². The number of rotatable bonds is 6. The highest BCUT2D eigenvalue weighted by atomic mass is 19.4. The number of hydrogen-bond acceptors (Lipinski definition) is 5. The fourth-order valence-corrected chi connectivity index (χ4v) is 4.87. The predicted octanol–water partition coefficient (Wildman–Crippen LogP) is 4.83. The molecule has 3 amide bonds. The minimum Gasteiger partial charge on any atom is -0.342 e. The summed E-state index contributed by atoms with van der Waals surface area (Å²) < 4.78 is 94.5. The van der Waals surface area contributed by atoms with E-state index in [-0.39, 0.29) is 35.7 Å². The van der Waals surface area contributed by atoms with Crippen molar-refractivity contribution in [1.82, 2.24) is 15.6 Å². The standard InChI is InChI=1S/C29H21F7N4O4/c30-23-11-16(5-8-37-23)24(42)39-27(6-7-27)26(44)38-20-13-22(41)19-3-1-2-4-21(19)40(25(20)43)14-15-9-17(28(31,32)33)12-18(10-15)29(34,35)36/h1-5,8-12,20H,6-7,13-14H2,(H,38,44)(H,39,42)/t20-/m1/s1. The third-order valence-electron chi connectivity index (χ3n) is 7.27. The summed E-state index contributed by atoms with van der Waals surface area (Å²) in [6, 6.07) is 6.92. The largest absolute Gasteiger partial charge is 0.416 e. The van der Waals surface area contributed by atoms with E-state index < -0.39 is 83.0 Å². The highest BCUT2D eigenvalue weighted by molar-refractivity contribution is 6.13. The van der Waals surface area contributed by atoms with Gasteiger partial charge in [-0.3, -0.25) is 19.2 Å². The maximum absolute atomic E-state index is 13.8. The summed E-state index contributed by atoms with van der Waals surface area (Å²) in [6.07, 6.45) is -9.51. The van der Waals surface area contributed by atoms with Gasteiger partial charge < -0.3 is 15.5 Å². The van der Waals surface area contributed by atoms with Crippen LogP contribution in [0.15, 0.2) is 60.8 Å². The quantitative estimate of drug-likeness (QED) is 0.303. The van der Waals surface area contributed by atoms with E-state index in [4.69, 9.17) is 0 Å². The fraction of sp³-hybridized carbons (Fsp3) is 0.276. The van der Waals surface area contributed by atoms with Crippen molar-refractivity contribution in [3.63, 3.8) is 0 Å². The van der Waals surface area contributed by atoms with E-state index in [2.05, 4.69) is 15.6 Å². The van der Waals surface area contributed by atoms with Crippen molar-refractivity contribution in [2.45, 2.75) is 49.7 Å². The van der Waals surface area contributed by atoms with E-state index in [0.29, 0.717) is 12.1 Å². The molecule has 1 aliphatic heterocycles. The average Bonchev–Trinajstić information content (AvgIpc) is 3.75. The van der Waals surface area contributed by atoms with E-state index in [0.717, 1.165) is 17.2 Å². The van der Waals surface area contributed by atoms with Crippen LogP contribution in [0.2, 0.25) is 0 Å². The molecule has 0 radical (unpaired) electrons. The minimum atomic E-state index is -5.13. The van der Waals surface area contributed by atoms with Crippen molar-refractivity contribution in [3.05, 3.63) is 94.6 Å². The van der Waals surface area contributed by atoms with E-state index in [9.17, 15) is 49.9 Å². The topological polar surface area (TPSA) is 108 Å². The van der Waals surface area contributed by atoms with Gasteiger partial charge in [0.15, 0.2) is 5.78 Å². The molecule has 2 N–H and O–H groups in total. The molecule has 2 aromatic carbocycles. The summed E-state index contributed by atoms with van der Waals surface area (Å²) in [5, 5.41) is 4.90. The molecule has 1 fully saturated rings. The van der Waals surface area contributed by atoms with E-state index in [1.807, 2.05) is 0 Å². The lowest BCUT2D eigenvalue weighted by atomic mass is 10.0. The van der Waals surface area contributed by atoms with E-state index in [1.165, 1.54) is 30.3 Å². The van der Waals surface area contributed by atoms with Gasteiger partial charge in [0.05, 0.1) is 23.4 Å². The number of aromatic nitrogens is 1. The first kappa shape index (κ1) is 30.6. The van der Waals surface area contributed by atoms with Crippen LogP contribution in [0.5, 0.6) is 0 Å². The number of carbonyl (C=O) groups is 4. The Kier molecular flexibility index (Phi) is 7.68. The number of carbonyl (C=O) groups excluding carboxylic acids is 4. The van der Waals surface area contributed by atoms with Gasteiger partial charge in [-0.2, -0.15) is 30.7 Å². The molecule has 0 bridgehead atoms. The van der Waals surface area contributed by atoms with Crippen molar-refractivity contribution in [3.8, 4) is 0 Å². The molecule has 2 aliphatic rings. The SMILES string of the molecule is O=C(NC1(C(=O)N[C@@H]2CC(=O)c3ccccc3N(Cc3cc(C(F)(F)F)cc(C(F)(F)F)c3)C2=O)CC1)c1ccnc(F)c1. The average molecular weight is 622 g/mol. The first-order valence-corrected chi connectivity index (χ1v) is 13.0. The Labute approximate surface area is 244 Å². The summed E-state index contributed by atoms with van der Waals surface area (Å²) >= 11 is 0. The number of nitrogens with zero attached hydrogens (tertiary/aromatic N) is 2. The van der Waals surface area contributed by atoms with Crippen LogP contribution >= 0.6 is 0 Å². The number of halogens is 7. The lowest BCUT2D eigenvalue weighted by Gasteiger charge is -2.28. The third-order valence-corrected chi connectivity index (χ3v) is 7.27. The zero-order chi connectivity index (χ0) is 32.0. The van der Waals surface area contributed by atoms with Gasteiger partial charge in [0.2, 0.25) is 17.8 Å². The number of nitrogens with one attached hydrogen (secondary N) is 2. The summed E-state index contributed by atoms with van der Waals surface area (Å²) in [5.74, 6) is -4.18. The Morgan fingerprint density at radius 3 is 2.16 bits per heavy atom. The van der Waals surface area contributed by atoms with Crippen LogP contribution in [0.1, 0.15) is 56.7 Å². The van der Waals surface area contributed by atoms with Crippen molar-refractivity contribution < 1.29 is 49.9 Å². The van der Waals surface area contributed by atoms with Crippen LogP contribution in [0.3, 0.4) is 0 Å². The number of hydrogen-bond donors (Lipinski definition) is 2. The Morgan fingerprint density at radius 1 is 0.932 bits per heavy atom. The molecule has 0 spiro atoms. The molecular weight excluding hydrogens is 601 g/mol. The Morgan fingerprint density at radius 2 is 1.57 bits per heavy atom. The van der Waals surface area contributed by atoms with Crippen molar-refractivity contribution in [1.29, 1.82) is 0 Å². The monoisotopic (exact) mass is 622 g/mol. The molecular formula is C29H21F7N4O4. The first-order valence-electron chi connectivity index (χ1n) is 13.0. The number of pyridine rings is 1. The Bertz CT molecular complexity index is 1640. The molecule has 1 saturated carbocycles. The molecule has 0 saturated heterocycles. The van der Waals surface area contributed by atoms with Gasteiger partial charge in [0, 0.05) is 29.8 Å². The van der Waals surface area contributed by atoms with Gasteiger partial charge >= 0.3 is 12.4 Å². The van der Waals surface area contributed by atoms with Gasteiger partial charge in [-0.1, -0.05) is 12.1 Å². The van der Waals surface area contributed by atoms with Crippen LogP contribution in [-0.2, 0) is 28.5 Å². The van der Waals surface area contributed by atoms with Crippen LogP contribution in [0.4, 0.5) is 36.4 Å². The number of anilines is 1. The number of amides is 3. The fourth-order valence-electron chi connectivity index (χ4n) is 4.87. The third kappa shape index (κ3) is 6.26. The molecule has 5 rings (SSSR count). The van der Waals surface area contributed by atoms with Crippen LogP contribution < -0.4 is 15.5 Å². The number of para-hydroxylation sites is 1. The second kappa shape index (κ2) is 11.0. The summed E-state index contributed by atoms with van der Waals surface area (Å²) in [6.45, 7) is -0.794. The number of Topliss-reactive ketones (excluding diaryl/α,β-unsaturated/α-hetero) is 1. The molecule has 1 aromatic heterocycles. The molecule has 2 heterocycles. The van der Waals surface area contributed by atoms with Gasteiger partial charge in [-0.25, -0.2) is 4.98 Å². The summed E-state index contributed by atoms with van der Waals surface area (Å²) in [4.78, 5) is 57.0. The Hall–Kier alpha value is -4.82. The van der Waals surface area contributed by atoms with E-state index in [1.54, 1.807) is 0 Å². The first-order chi connectivity index (χ1) is 20.6. The number of ketones is 1.